The lowest BCUT2D eigenvalue weighted by atomic mass is 10.0. The first kappa shape index (κ1) is 17.6. The van der Waals surface area contributed by atoms with Crippen LogP contribution < -0.4 is 5.73 Å². The summed E-state index contributed by atoms with van der Waals surface area (Å²) in [5, 5.41) is 7.06. The first-order valence-corrected chi connectivity index (χ1v) is 7.52. The van der Waals surface area contributed by atoms with Gasteiger partial charge in [-0.2, -0.15) is 0 Å². The average molecular weight is 316 g/mol. The Kier molecular flexibility index (Phi) is 6.81. The van der Waals surface area contributed by atoms with E-state index in [4.69, 9.17) is 11.1 Å². The van der Waals surface area contributed by atoms with Crippen LogP contribution in [0.2, 0.25) is 0 Å². The Balaban J connectivity index is 3.02. The van der Waals surface area contributed by atoms with Crippen LogP contribution in [0.3, 0.4) is 0 Å². The summed E-state index contributed by atoms with van der Waals surface area (Å²) in [6.45, 7) is 0.435. The van der Waals surface area contributed by atoms with Crippen LogP contribution in [0.1, 0.15) is 24.5 Å². The van der Waals surface area contributed by atoms with E-state index in [1.807, 2.05) is 0 Å². The second-order valence-electron chi connectivity index (χ2n) is 4.73. The molecule has 6 heteroatoms. The van der Waals surface area contributed by atoms with Crippen molar-refractivity contribution in [2.24, 2.45) is 5.73 Å². The molecule has 0 heterocycles. The Bertz CT molecular complexity index is 510. The topological polar surface area (TPSA) is 49.9 Å². The summed E-state index contributed by atoms with van der Waals surface area (Å²) in [6, 6.07) is 5.26. The zero-order valence-corrected chi connectivity index (χ0v) is 12.7. The molecule has 0 atom stereocenters. The third kappa shape index (κ3) is 6.25. The lowest BCUT2D eigenvalue weighted by Crippen LogP contribution is -2.11. The van der Waals surface area contributed by atoms with Gasteiger partial charge in [0.2, 0.25) is 5.92 Å². The summed E-state index contributed by atoms with van der Waals surface area (Å²) >= 11 is 1.31. The van der Waals surface area contributed by atoms with Gasteiger partial charge in [0.1, 0.15) is 0 Å². The zero-order chi connectivity index (χ0) is 15.9. The molecule has 0 amide bonds. The van der Waals surface area contributed by atoms with E-state index in [0.29, 0.717) is 17.0 Å². The number of nitrogens with two attached hydrogens (primary N) is 1. The van der Waals surface area contributed by atoms with Gasteiger partial charge < -0.3 is 11.1 Å². The summed E-state index contributed by atoms with van der Waals surface area (Å²) in [7, 11) is 0. The van der Waals surface area contributed by atoms with E-state index >= 15 is 0 Å². The minimum Gasteiger partial charge on any atom is -0.398 e. The molecule has 0 aliphatic rings. The number of allylic oxidation sites excluding steroid dienone is 1. The SMILES string of the molecule is CC(F)(F)CCc1ccc(SCCF)c(/C(N)=C/C=N)c1. The standard InChI is InChI=1S/C15H19F3N2S/c1-15(17,18)6-4-11-2-3-14(21-9-7-16)12(10-11)13(20)5-8-19/h2-3,5,8,10,19H,4,6-7,9,20H2,1H3/b13-5-,19-8?. The van der Waals surface area contributed by atoms with Crippen molar-refractivity contribution in [1.29, 1.82) is 5.41 Å². The third-order valence-electron chi connectivity index (χ3n) is 2.81. The fraction of sp³-hybridized carbons (Fsp3) is 0.400. The van der Waals surface area contributed by atoms with E-state index in [2.05, 4.69) is 0 Å². The highest BCUT2D eigenvalue weighted by Crippen LogP contribution is 2.29. The largest absolute Gasteiger partial charge is 0.398 e. The van der Waals surface area contributed by atoms with Crippen LogP contribution >= 0.6 is 11.8 Å². The number of rotatable bonds is 8. The molecule has 0 fully saturated rings. The van der Waals surface area contributed by atoms with Crippen molar-refractivity contribution in [1.82, 2.24) is 0 Å². The molecule has 1 aromatic carbocycles. The minimum absolute atomic E-state index is 0.238. The average Bonchev–Trinajstić information content (AvgIpc) is 2.42. The van der Waals surface area contributed by atoms with Gasteiger partial charge in [-0.15, -0.1) is 11.8 Å². The molecule has 0 bridgehead atoms. The molecule has 0 radical (unpaired) electrons. The first-order chi connectivity index (χ1) is 9.87. The van der Waals surface area contributed by atoms with E-state index in [0.717, 1.165) is 23.6 Å². The van der Waals surface area contributed by atoms with Gasteiger partial charge in [0, 0.05) is 34.5 Å². The quantitative estimate of drug-likeness (QED) is 0.555. The molecule has 0 aliphatic carbocycles. The van der Waals surface area contributed by atoms with Crippen molar-refractivity contribution in [3.05, 3.63) is 35.4 Å². The van der Waals surface area contributed by atoms with Gasteiger partial charge in [0.05, 0.1) is 6.67 Å². The number of hydrogen-bond acceptors (Lipinski definition) is 3. The van der Waals surface area contributed by atoms with Gasteiger partial charge in [-0.3, -0.25) is 4.39 Å². The normalized spacial score (nSPS) is 12.5. The van der Waals surface area contributed by atoms with Crippen LogP contribution in [0.4, 0.5) is 13.2 Å². The predicted molar refractivity (Wildman–Crippen MR) is 83.0 cm³/mol. The molecular formula is C15H19F3N2S. The van der Waals surface area contributed by atoms with Crippen molar-refractivity contribution in [2.45, 2.75) is 30.6 Å². The number of hydrogen-bond donors (Lipinski definition) is 2. The number of halogens is 3. The second-order valence-corrected chi connectivity index (χ2v) is 5.86. The van der Waals surface area contributed by atoms with Crippen LogP contribution in [-0.4, -0.2) is 24.6 Å². The van der Waals surface area contributed by atoms with Crippen molar-refractivity contribution in [3.8, 4) is 0 Å². The van der Waals surface area contributed by atoms with Crippen molar-refractivity contribution in [2.75, 3.05) is 12.4 Å². The number of aryl methyl sites for hydroxylation is 1. The Hall–Kier alpha value is -1.43. The fourth-order valence-corrected chi connectivity index (χ4v) is 2.57. The Morgan fingerprint density at radius 1 is 1.43 bits per heavy atom. The maximum absolute atomic E-state index is 12.9. The van der Waals surface area contributed by atoms with E-state index in [1.165, 1.54) is 17.8 Å². The minimum atomic E-state index is -2.71. The van der Waals surface area contributed by atoms with Crippen molar-refractivity contribution in [3.63, 3.8) is 0 Å². The number of alkyl halides is 3. The zero-order valence-electron chi connectivity index (χ0n) is 11.8. The molecule has 0 aromatic heterocycles. The molecule has 0 saturated heterocycles. The Labute approximate surface area is 127 Å². The van der Waals surface area contributed by atoms with Crippen molar-refractivity contribution < 1.29 is 13.2 Å². The number of benzene rings is 1. The predicted octanol–water partition coefficient (Wildman–Crippen LogP) is 4.29. The maximum atomic E-state index is 12.9. The van der Waals surface area contributed by atoms with Crippen LogP contribution in [0.5, 0.6) is 0 Å². The highest BCUT2D eigenvalue weighted by molar-refractivity contribution is 7.99. The molecule has 0 spiro atoms. The molecule has 0 aliphatic heterocycles. The van der Waals surface area contributed by atoms with Gasteiger partial charge in [0.25, 0.3) is 0 Å². The molecule has 2 nitrogen and oxygen atoms in total. The lowest BCUT2D eigenvalue weighted by Gasteiger charge is -2.13. The molecule has 116 valence electrons. The van der Waals surface area contributed by atoms with E-state index in [-0.39, 0.29) is 12.8 Å². The molecule has 21 heavy (non-hydrogen) atoms. The second kappa shape index (κ2) is 8.12. The van der Waals surface area contributed by atoms with Crippen LogP contribution in [0.25, 0.3) is 5.70 Å². The van der Waals surface area contributed by atoms with E-state index in [1.54, 1.807) is 18.2 Å². The monoisotopic (exact) mass is 316 g/mol. The van der Waals surface area contributed by atoms with Gasteiger partial charge >= 0.3 is 0 Å². The molecule has 0 saturated carbocycles. The third-order valence-corrected chi connectivity index (χ3v) is 3.83. The number of thioether (sulfide) groups is 1. The summed E-state index contributed by atoms with van der Waals surface area (Å²) < 4.78 is 38.1. The van der Waals surface area contributed by atoms with Gasteiger partial charge in [-0.1, -0.05) is 6.07 Å². The molecule has 3 N–H and O–H groups in total. The molecule has 1 rings (SSSR count). The van der Waals surface area contributed by atoms with Crippen LogP contribution in [0.15, 0.2) is 29.2 Å². The van der Waals surface area contributed by atoms with E-state index < -0.39 is 12.6 Å². The molecule has 0 unspecified atom stereocenters. The number of nitrogens with one attached hydrogen (secondary N) is 1. The maximum Gasteiger partial charge on any atom is 0.245 e. The van der Waals surface area contributed by atoms with E-state index in [9.17, 15) is 13.2 Å². The smallest absolute Gasteiger partial charge is 0.245 e. The fourth-order valence-electron chi connectivity index (χ4n) is 1.78. The van der Waals surface area contributed by atoms with Gasteiger partial charge in [-0.05, 0) is 37.1 Å². The Morgan fingerprint density at radius 2 is 2.14 bits per heavy atom. The highest BCUT2D eigenvalue weighted by atomic mass is 32.2. The summed E-state index contributed by atoms with van der Waals surface area (Å²) in [6.07, 6.45) is 2.48. The summed E-state index contributed by atoms with van der Waals surface area (Å²) in [4.78, 5) is 0.787. The van der Waals surface area contributed by atoms with Crippen LogP contribution in [-0.2, 0) is 6.42 Å². The molecular weight excluding hydrogens is 297 g/mol. The van der Waals surface area contributed by atoms with Gasteiger partial charge in [0.15, 0.2) is 0 Å². The summed E-state index contributed by atoms with van der Waals surface area (Å²) in [5.41, 5.74) is 7.66. The lowest BCUT2D eigenvalue weighted by molar-refractivity contribution is 0.0133. The van der Waals surface area contributed by atoms with Gasteiger partial charge in [-0.25, -0.2) is 8.78 Å². The van der Waals surface area contributed by atoms with Crippen LogP contribution in [0, 0.1) is 5.41 Å². The molecule has 1 aromatic rings. The van der Waals surface area contributed by atoms with Crippen molar-refractivity contribution >= 4 is 23.7 Å². The Morgan fingerprint density at radius 3 is 2.71 bits per heavy atom. The summed E-state index contributed by atoms with van der Waals surface area (Å²) in [5.74, 6) is -2.41. The first-order valence-electron chi connectivity index (χ1n) is 6.53. The highest BCUT2D eigenvalue weighted by Gasteiger charge is 2.20.